The highest BCUT2D eigenvalue weighted by atomic mass is 32.2. The van der Waals surface area contributed by atoms with Crippen LogP contribution in [0.3, 0.4) is 0 Å². The summed E-state index contributed by atoms with van der Waals surface area (Å²) in [5, 5.41) is 3.91. The van der Waals surface area contributed by atoms with Crippen molar-refractivity contribution in [2.45, 2.75) is 36.1 Å². The van der Waals surface area contributed by atoms with Crippen molar-refractivity contribution in [3.05, 3.63) is 0 Å². The summed E-state index contributed by atoms with van der Waals surface area (Å²) in [5.41, 5.74) is -1.57. The van der Waals surface area contributed by atoms with Gasteiger partial charge in [-0.05, 0) is 0 Å². The lowest BCUT2D eigenvalue weighted by Gasteiger charge is -2.25. The second-order valence-electron chi connectivity index (χ2n) is 5.11. The van der Waals surface area contributed by atoms with Gasteiger partial charge in [-0.2, -0.15) is 22.5 Å². The zero-order chi connectivity index (χ0) is 16.5. The number of rotatable bonds is 3. The monoisotopic (exact) mass is 339 g/mol. The molecule has 1 N–H and O–H groups in total. The molecule has 3 fully saturated rings. The molecule has 3 aliphatic rings. The van der Waals surface area contributed by atoms with Crippen LogP contribution in [0.2, 0.25) is 0 Å². The van der Waals surface area contributed by atoms with E-state index in [0.29, 0.717) is 0 Å². The molecule has 12 heteroatoms. The SMILES string of the molecule is N#CC12CC3OC1C(OC2=O)C3OC(=O)C(F)(F)S(=O)(=O)O. The second-order valence-corrected chi connectivity index (χ2v) is 6.58. The van der Waals surface area contributed by atoms with E-state index in [9.17, 15) is 26.8 Å². The van der Waals surface area contributed by atoms with E-state index in [1.165, 1.54) is 0 Å². The van der Waals surface area contributed by atoms with Crippen molar-refractivity contribution in [3.63, 3.8) is 0 Å². The van der Waals surface area contributed by atoms with Gasteiger partial charge < -0.3 is 14.2 Å². The van der Waals surface area contributed by atoms with E-state index in [1.54, 1.807) is 6.07 Å². The number of hydrogen-bond donors (Lipinski definition) is 1. The van der Waals surface area contributed by atoms with Gasteiger partial charge in [-0.25, -0.2) is 4.79 Å². The van der Waals surface area contributed by atoms with Crippen LogP contribution in [0.15, 0.2) is 0 Å². The second kappa shape index (κ2) is 4.12. The lowest BCUT2D eigenvalue weighted by Crippen LogP contribution is -2.48. The minimum absolute atomic E-state index is 0.223. The molecule has 0 radical (unpaired) electrons. The largest absolute Gasteiger partial charge is 0.465 e. The highest BCUT2D eigenvalue weighted by molar-refractivity contribution is 7.87. The Labute approximate surface area is 121 Å². The number of carbonyl (C=O) groups is 2. The Hall–Kier alpha value is -1.84. The minimum Gasteiger partial charge on any atom is -0.454 e. The highest BCUT2D eigenvalue weighted by Gasteiger charge is 2.74. The van der Waals surface area contributed by atoms with Crippen molar-refractivity contribution < 1.29 is 45.6 Å². The number of nitrogens with zero attached hydrogens (tertiary/aromatic N) is 1. The molecular formula is C10H7F2NO8S. The zero-order valence-corrected chi connectivity index (χ0v) is 11.2. The van der Waals surface area contributed by atoms with Crippen molar-refractivity contribution in [1.29, 1.82) is 5.26 Å². The van der Waals surface area contributed by atoms with Crippen LogP contribution in [0.25, 0.3) is 0 Å². The van der Waals surface area contributed by atoms with Crippen molar-refractivity contribution in [3.8, 4) is 6.07 Å². The summed E-state index contributed by atoms with van der Waals surface area (Å²) in [6.07, 6.45) is -5.10. The van der Waals surface area contributed by atoms with Gasteiger partial charge in [0.1, 0.15) is 12.2 Å². The molecule has 0 aliphatic carbocycles. The molecule has 22 heavy (non-hydrogen) atoms. The van der Waals surface area contributed by atoms with E-state index in [0.717, 1.165) is 0 Å². The van der Waals surface area contributed by atoms with Crippen molar-refractivity contribution in [2.75, 3.05) is 0 Å². The van der Waals surface area contributed by atoms with Crippen molar-refractivity contribution in [2.24, 2.45) is 5.41 Å². The lowest BCUT2D eigenvalue weighted by atomic mass is 9.75. The first kappa shape index (κ1) is 15.1. The van der Waals surface area contributed by atoms with E-state index in [-0.39, 0.29) is 6.42 Å². The quantitative estimate of drug-likeness (QED) is 0.505. The summed E-state index contributed by atoms with van der Waals surface area (Å²) >= 11 is 0. The van der Waals surface area contributed by atoms with Crippen LogP contribution >= 0.6 is 0 Å². The van der Waals surface area contributed by atoms with Gasteiger partial charge in [-0.3, -0.25) is 9.35 Å². The third-order valence-electron chi connectivity index (χ3n) is 3.93. The fraction of sp³-hybridized carbons (Fsp3) is 0.700. The number of halogens is 2. The molecule has 0 saturated carbocycles. The van der Waals surface area contributed by atoms with Crippen LogP contribution in [-0.4, -0.2) is 54.6 Å². The van der Waals surface area contributed by atoms with E-state index in [1.807, 2.05) is 0 Å². The molecule has 3 rings (SSSR count). The van der Waals surface area contributed by atoms with Crippen LogP contribution in [0.5, 0.6) is 0 Å². The number of alkyl halides is 2. The molecule has 3 heterocycles. The summed E-state index contributed by atoms with van der Waals surface area (Å²) in [7, 11) is -6.01. The van der Waals surface area contributed by atoms with E-state index in [4.69, 9.17) is 19.3 Å². The molecule has 0 aromatic carbocycles. The normalized spacial score (nSPS) is 39.5. The Morgan fingerprint density at radius 3 is 2.73 bits per heavy atom. The molecule has 3 saturated heterocycles. The van der Waals surface area contributed by atoms with E-state index >= 15 is 0 Å². The van der Waals surface area contributed by atoms with Gasteiger partial charge >= 0.3 is 27.3 Å². The average Bonchev–Trinajstić information content (AvgIpc) is 2.99. The Kier molecular flexibility index (Phi) is 2.82. The van der Waals surface area contributed by atoms with Gasteiger partial charge in [0.15, 0.2) is 17.6 Å². The van der Waals surface area contributed by atoms with Gasteiger partial charge in [-0.15, -0.1) is 0 Å². The summed E-state index contributed by atoms with van der Waals surface area (Å²) in [6, 6.07) is 1.75. The maximum Gasteiger partial charge on any atom is 0.465 e. The maximum atomic E-state index is 13.2. The number of ether oxygens (including phenoxy) is 3. The smallest absolute Gasteiger partial charge is 0.454 e. The van der Waals surface area contributed by atoms with Crippen LogP contribution < -0.4 is 0 Å². The molecule has 5 atom stereocenters. The molecule has 5 unspecified atom stereocenters. The highest BCUT2D eigenvalue weighted by Crippen LogP contribution is 2.55. The molecule has 9 nitrogen and oxygen atoms in total. The minimum atomic E-state index is -6.01. The van der Waals surface area contributed by atoms with Crippen LogP contribution in [0, 0.1) is 16.7 Å². The zero-order valence-electron chi connectivity index (χ0n) is 10.4. The molecule has 0 aromatic heterocycles. The Bertz CT molecular complexity index is 715. The fourth-order valence-electron chi connectivity index (χ4n) is 2.87. The molecule has 0 spiro atoms. The molecule has 0 aromatic rings. The fourth-order valence-corrected chi connectivity index (χ4v) is 3.13. The molecule has 2 bridgehead atoms. The van der Waals surface area contributed by atoms with Gasteiger partial charge in [0.05, 0.1) is 6.07 Å². The third kappa shape index (κ3) is 1.64. The molecule has 0 amide bonds. The number of hydrogen-bond acceptors (Lipinski definition) is 8. The first-order valence-electron chi connectivity index (χ1n) is 5.88. The average molecular weight is 339 g/mol. The Morgan fingerprint density at radius 2 is 2.18 bits per heavy atom. The lowest BCUT2D eigenvalue weighted by molar-refractivity contribution is -0.175. The van der Waals surface area contributed by atoms with Crippen LogP contribution in [0.1, 0.15) is 6.42 Å². The number of carbonyl (C=O) groups excluding carboxylic acids is 2. The molecule has 3 aliphatic heterocycles. The van der Waals surface area contributed by atoms with Crippen molar-refractivity contribution in [1.82, 2.24) is 0 Å². The predicted molar refractivity (Wildman–Crippen MR) is 57.6 cm³/mol. The number of nitriles is 1. The summed E-state index contributed by atoms with van der Waals surface area (Å²) < 4.78 is 70.1. The summed E-state index contributed by atoms with van der Waals surface area (Å²) in [6.45, 7) is 0. The maximum absolute atomic E-state index is 13.2. The van der Waals surface area contributed by atoms with Gasteiger partial charge in [-0.1, -0.05) is 0 Å². The van der Waals surface area contributed by atoms with Gasteiger partial charge in [0, 0.05) is 6.42 Å². The first-order valence-corrected chi connectivity index (χ1v) is 7.32. The summed E-state index contributed by atoms with van der Waals surface area (Å²) in [5.74, 6) is -3.42. The van der Waals surface area contributed by atoms with Crippen LogP contribution in [-0.2, 0) is 33.9 Å². The summed E-state index contributed by atoms with van der Waals surface area (Å²) in [4.78, 5) is 23.0. The molecule has 120 valence electrons. The first-order chi connectivity index (χ1) is 10.0. The predicted octanol–water partition coefficient (Wildman–Crippen LogP) is -1.01. The topological polar surface area (TPSA) is 140 Å². The molecular weight excluding hydrogens is 332 g/mol. The van der Waals surface area contributed by atoms with E-state index in [2.05, 4.69) is 4.74 Å². The van der Waals surface area contributed by atoms with Gasteiger partial charge in [0.2, 0.25) is 0 Å². The van der Waals surface area contributed by atoms with Gasteiger partial charge in [0.25, 0.3) is 0 Å². The van der Waals surface area contributed by atoms with Crippen molar-refractivity contribution >= 4 is 22.1 Å². The Balaban J connectivity index is 1.82. The number of esters is 2. The number of fused-ring (bicyclic) bond motifs is 1. The van der Waals surface area contributed by atoms with Crippen LogP contribution in [0.4, 0.5) is 8.78 Å². The standard InChI is InChI=1S/C10H7F2NO8S/c11-10(12,22(16,17)18)8(15)20-4-3-1-9(2-13)6(19-3)5(4)21-7(9)14/h3-6H,1H2,(H,16,17,18). The third-order valence-corrected chi connectivity index (χ3v) is 4.75. The van der Waals surface area contributed by atoms with E-state index < -0.39 is 57.1 Å². The Morgan fingerprint density at radius 1 is 1.55 bits per heavy atom.